The molecule has 0 saturated carbocycles. The van der Waals surface area contributed by atoms with Crippen LogP contribution in [0.15, 0.2) is 24.3 Å². The van der Waals surface area contributed by atoms with Crippen molar-refractivity contribution >= 4 is 10.9 Å². The zero-order valence-corrected chi connectivity index (χ0v) is 9.61. The number of nitrogens with zero attached hydrogens (tertiary/aromatic N) is 1. The maximum atomic E-state index is 6.19. The number of aryl methyl sites for hydroxylation is 1. The summed E-state index contributed by atoms with van der Waals surface area (Å²) in [7, 11) is 0. The molecule has 16 heavy (non-hydrogen) atoms. The molecule has 0 aliphatic heterocycles. The van der Waals surface area contributed by atoms with Gasteiger partial charge in [0.25, 0.3) is 0 Å². The summed E-state index contributed by atoms with van der Waals surface area (Å²) in [6.07, 6.45) is 5.72. The minimum atomic E-state index is 0.00625. The summed E-state index contributed by atoms with van der Waals surface area (Å²) in [5.41, 5.74) is 10.4. The minimum absolute atomic E-state index is 0.00625. The van der Waals surface area contributed by atoms with Gasteiger partial charge in [-0.1, -0.05) is 25.1 Å². The molecule has 1 aromatic carbocycles. The molecule has 2 aromatic rings. The zero-order chi connectivity index (χ0) is 11.1. The molecule has 2 N–H and O–H groups in total. The lowest BCUT2D eigenvalue weighted by molar-refractivity contribution is 0.589. The van der Waals surface area contributed by atoms with Gasteiger partial charge in [0.2, 0.25) is 0 Å². The number of rotatable bonds is 2. The minimum Gasteiger partial charge on any atom is -0.328 e. The summed E-state index contributed by atoms with van der Waals surface area (Å²) in [6, 6.07) is 8.61. The Kier molecular flexibility index (Phi) is 2.25. The van der Waals surface area contributed by atoms with E-state index in [0.717, 1.165) is 0 Å². The molecule has 0 bridgehead atoms. The van der Waals surface area contributed by atoms with Crippen molar-refractivity contribution in [1.29, 1.82) is 0 Å². The second-order valence-corrected chi connectivity index (χ2v) is 4.49. The van der Waals surface area contributed by atoms with E-state index in [4.69, 9.17) is 5.73 Å². The summed E-state index contributed by atoms with van der Waals surface area (Å²) in [5, 5.41) is 1.40. The summed E-state index contributed by atoms with van der Waals surface area (Å²) < 4.78 is 2.30. The summed E-state index contributed by atoms with van der Waals surface area (Å²) in [5.74, 6) is 0. The number of fused-ring (bicyclic) bond motifs is 3. The van der Waals surface area contributed by atoms with Gasteiger partial charge < -0.3 is 10.3 Å². The monoisotopic (exact) mass is 213 g/mol. The lowest BCUT2D eigenvalue weighted by atomic mass is 10.1. The van der Waals surface area contributed by atoms with E-state index < -0.39 is 0 Å². The normalized spacial score (nSPS) is 16.6. The van der Waals surface area contributed by atoms with Crippen LogP contribution in [0.1, 0.15) is 30.8 Å². The Labute approximate surface area is 96.1 Å². The van der Waals surface area contributed by atoms with Crippen LogP contribution in [-0.4, -0.2) is 4.57 Å². The standard InChI is InChI=1S/C14H17N2/c1-2-14(15)16-12-8-4-3-6-10(12)11-7-5-9-13(11)16/h2-4,6,8,14H,5,7,9,15H2,1H3/t14-/m0/s1. The number of nitrogens with two attached hydrogens (primary N) is 1. The van der Waals surface area contributed by atoms with E-state index in [0.29, 0.717) is 0 Å². The predicted octanol–water partition coefficient (Wildman–Crippen LogP) is 2.81. The zero-order valence-electron chi connectivity index (χ0n) is 9.61. The third-order valence-corrected chi connectivity index (χ3v) is 3.61. The Morgan fingerprint density at radius 3 is 2.94 bits per heavy atom. The molecule has 1 heterocycles. The number of hydrogen-bond acceptors (Lipinski definition) is 1. The van der Waals surface area contributed by atoms with Crippen LogP contribution < -0.4 is 5.73 Å². The van der Waals surface area contributed by atoms with Crippen molar-refractivity contribution in [2.75, 3.05) is 0 Å². The molecule has 1 aliphatic carbocycles. The lowest BCUT2D eigenvalue weighted by Gasteiger charge is -2.16. The van der Waals surface area contributed by atoms with E-state index in [1.54, 1.807) is 0 Å². The molecule has 1 aromatic heterocycles. The molecule has 1 aliphatic rings. The van der Waals surface area contributed by atoms with Gasteiger partial charge in [-0.2, -0.15) is 0 Å². The fraction of sp³-hybridized carbons (Fsp3) is 0.357. The SMILES string of the molecule is C[CH][C@@H](N)n1c2c(c3ccccc31)CCC2. The van der Waals surface area contributed by atoms with E-state index in [-0.39, 0.29) is 6.17 Å². The second kappa shape index (κ2) is 3.63. The van der Waals surface area contributed by atoms with Crippen LogP contribution in [0.5, 0.6) is 0 Å². The number of para-hydroxylation sites is 1. The quantitative estimate of drug-likeness (QED) is 0.817. The van der Waals surface area contributed by atoms with Gasteiger partial charge in [-0.15, -0.1) is 0 Å². The first-order valence-corrected chi connectivity index (χ1v) is 5.98. The average Bonchev–Trinajstić information content (AvgIpc) is 2.87. The lowest BCUT2D eigenvalue weighted by Crippen LogP contribution is -2.19. The van der Waals surface area contributed by atoms with Gasteiger partial charge in [-0.3, -0.25) is 0 Å². The summed E-state index contributed by atoms with van der Waals surface area (Å²) in [4.78, 5) is 0. The van der Waals surface area contributed by atoms with Gasteiger partial charge in [0, 0.05) is 16.6 Å². The third kappa shape index (κ3) is 1.23. The Bertz CT molecular complexity index is 525. The molecule has 3 rings (SSSR count). The molecule has 0 saturated heterocycles. The Morgan fingerprint density at radius 1 is 1.31 bits per heavy atom. The Morgan fingerprint density at radius 2 is 2.12 bits per heavy atom. The number of aromatic nitrogens is 1. The van der Waals surface area contributed by atoms with Gasteiger partial charge in [0.1, 0.15) is 0 Å². The van der Waals surface area contributed by atoms with Crippen molar-refractivity contribution in [3.8, 4) is 0 Å². The van der Waals surface area contributed by atoms with E-state index in [1.807, 2.05) is 6.92 Å². The smallest absolute Gasteiger partial charge is 0.0847 e. The van der Waals surface area contributed by atoms with Crippen molar-refractivity contribution < 1.29 is 0 Å². The van der Waals surface area contributed by atoms with Crippen molar-refractivity contribution in [3.63, 3.8) is 0 Å². The molecule has 0 amide bonds. The van der Waals surface area contributed by atoms with E-state index in [2.05, 4.69) is 35.3 Å². The number of benzene rings is 1. The second-order valence-electron chi connectivity index (χ2n) is 4.49. The molecular formula is C14H17N2. The van der Waals surface area contributed by atoms with Crippen molar-refractivity contribution in [1.82, 2.24) is 4.57 Å². The molecule has 0 spiro atoms. The highest BCUT2D eigenvalue weighted by atomic mass is 15.1. The fourth-order valence-electron chi connectivity index (χ4n) is 2.86. The summed E-state index contributed by atoms with van der Waals surface area (Å²) >= 11 is 0. The van der Waals surface area contributed by atoms with Crippen molar-refractivity contribution in [2.24, 2.45) is 5.73 Å². The average molecular weight is 213 g/mol. The maximum absolute atomic E-state index is 6.19. The van der Waals surface area contributed by atoms with Crippen molar-refractivity contribution in [3.05, 3.63) is 41.9 Å². The first kappa shape index (κ1) is 9.91. The summed E-state index contributed by atoms with van der Waals surface area (Å²) in [6.45, 7) is 2.03. The van der Waals surface area contributed by atoms with Crippen LogP contribution in [0.3, 0.4) is 0 Å². The third-order valence-electron chi connectivity index (χ3n) is 3.61. The fourth-order valence-corrected chi connectivity index (χ4v) is 2.86. The van der Waals surface area contributed by atoms with E-state index in [1.165, 1.54) is 41.4 Å². The highest BCUT2D eigenvalue weighted by Crippen LogP contribution is 2.34. The molecule has 0 fully saturated rings. The van der Waals surface area contributed by atoms with Gasteiger partial charge in [0.05, 0.1) is 6.17 Å². The Balaban J connectivity index is 2.33. The largest absolute Gasteiger partial charge is 0.328 e. The van der Waals surface area contributed by atoms with Crippen LogP contribution in [-0.2, 0) is 12.8 Å². The van der Waals surface area contributed by atoms with Gasteiger partial charge >= 0.3 is 0 Å². The predicted molar refractivity (Wildman–Crippen MR) is 67.2 cm³/mol. The molecule has 1 radical (unpaired) electrons. The molecule has 83 valence electrons. The van der Waals surface area contributed by atoms with Gasteiger partial charge in [-0.05, 0) is 37.3 Å². The van der Waals surface area contributed by atoms with Gasteiger partial charge in [0.15, 0.2) is 0 Å². The highest BCUT2D eigenvalue weighted by Gasteiger charge is 2.22. The van der Waals surface area contributed by atoms with Crippen LogP contribution in [0.4, 0.5) is 0 Å². The van der Waals surface area contributed by atoms with Crippen LogP contribution >= 0.6 is 0 Å². The van der Waals surface area contributed by atoms with Crippen molar-refractivity contribution in [2.45, 2.75) is 32.4 Å². The highest BCUT2D eigenvalue weighted by molar-refractivity contribution is 5.86. The molecule has 0 unspecified atom stereocenters. The van der Waals surface area contributed by atoms with E-state index in [9.17, 15) is 0 Å². The van der Waals surface area contributed by atoms with Gasteiger partial charge in [-0.25, -0.2) is 0 Å². The van der Waals surface area contributed by atoms with Crippen LogP contribution in [0.25, 0.3) is 10.9 Å². The molecular weight excluding hydrogens is 196 g/mol. The van der Waals surface area contributed by atoms with E-state index >= 15 is 0 Å². The Hall–Kier alpha value is -1.28. The first-order chi connectivity index (χ1) is 7.83. The van der Waals surface area contributed by atoms with Crippen LogP contribution in [0.2, 0.25) is 0 Å². The van der Waals surface area contributed by atoms with Crippen LogP contribution in [0, 0.1) is 6.42 Å². The molecule has 1 atom stereocenters. The topological polar surface area (TPSA) is 30.9 Å². The number of hydrogen-bond donors (Lipinski definition) is 1. The first-order valence-electron chi connectivity index (χ1n) is 5.98. The molecule has 2 heteroatoms. The molecule has 2 nitrogen and oxygen atoms in total. The maximum Gasteiger partial charge on any atom is 0.0847 e.